The Labute approximate surface area is 169 Å². The first-order chi connectivity index (χ1) is 12.9. The number of unbranched alkanes of at least 4 members (excludes halogenated alkanes) is 4. The van der Waals surface area contributed by atoms with E-state index in [-0.39, 0.29) is 0 Å². The molecule has 0 nitrogen and oxygen atoms in total. The zero-order chi connectivity index (χ0) is 19.9. The van der Waals surface area contributed by atoms with E-state index in [1.807, 2.05) is 0 Å². The van der Waals surface area contributed by atoms with Crippen molar-refractivity contribution < 1.29 is 0 Å². The van der Waals surface area contributed by atoms with Crippen LogP contribution in [0.25, 0.3) is 0 Å². The molecule has 0 aliphatic heterocycles. The van der Waals surface area contributed by atoms with Crippen molar-refractivity contribution in [2.24, 2.45) is 0 Å². The second kappa shape index (κ2) is 10.4. The van der Waals surface area contributed by atoms with Gasteiger partial charge in [0.2, 0.25) is 0 Å². The molecule has 0 bridgehead atoms. The Morgan fingerprint density at radius 2 is 1.70 bits per heavy atom. The van der Waals surface area contributed by atoms with Gasteiger partial charge < -0.3 is 0 Å². The van der Waals surface area contributed by atoms with E-state index in [0.717, 1.165) is 12.8 Å². The van der Waals surface area contributed by atoms with E-state index < -0.39 is 7.26 Å². The number of rotatable bonds is 10. The van der Waals surface area contributed by atoms with Crippen LogP contribution in [0.1, 0.15) is 77.3 Å². The summed E-state index contributed by atoms with van der Waals surface area (Å²) < 4.78 is 0. The summed E-state index contributed by atoms with van der Waals surface area (Å²) in [7, 11) is -1.80. The molecule has 0 radical (unpaired) electrons. The molecular weight excluding hydrogens is 343 g/mol. The molecule has 0 N–H and O–H groups in total. The van der Waals surface area contributed by atoms with Crippen molar-refractivity contribution in [3.63, 3.8) is 0 Å². The van der Waals surface area contributed by atoms with Crippen LogP contribution in [0.3, 0.4) is 0 Å². The first-order valence-corrected chi connectivity index (χ1v) is 13.6. The Hall–Kier alpha value is -1.13. The van der Waals surface area contributed by atoms with Gasteiger partial charge in [0.1, 0.15) is 0 Å². The van der Waals surface area contributed by atoms with Gasteiger partial charge in [-0.15, -0.1) is 0 Å². The van der Waals surface area contributed by atoms with Gasteiger partial charge in [-0.2, -0.15) is 0 Å². The van der Waals surface area contributed by atoms with Crippen molar-refractivity contribution in [2.75, 3.05) is 6.66 Å². The fourth-order valence-electron chi connectivity index (χ4n) is 4.50. The van der Waals surface area contributed by atoms with Gasteiger partial charge in [-0.05, 0) is 0 Å². The van der Waals surface area contributed by atoms with Crippen molar-refractivity contribution in [3.05, 3.63) is 65.0 Å². The number of benzene rings is 1. The van der Waals surface area contributed by atoms with Crippen molar-refractivity contribution in [2.45, 2.75) is 84.7 Å². The van der Waals surface area contributed by atoms with Gasteiger partial charge >= 0.3 is 169 Å². The Bertz CT molecular complexity index is 690. The summed E-state index contributed by atoms with van der Waals surface area (Å²) in [6.07, 6.45) is 14.9. The van der Waals surface area contributed by atoms with E-state index >= 15 is 0 Å². The van der Waals surface area contributed by atoms with Gasteiger partial charge in [0, 0.05) is 0 Å². The predicted molar refractivity (Wildman–Crippen MR) is 128 cm³/mol. The summed E-state index contributed by atoms with van der Waals surface area (Å²) in [5.41, 5.74) is 6.81. The molecule has 2 rings (SSSR count). The molecule has 0 fully saturated rings. The maximum absolute atomic E-state index is 4.37. The van der Waals surface area contributed by atoms with Crippen molar-refractivity contribution in [1.29, 1.82) is 0 Å². The third kappa shape index (κ3) is 5.45. The van der Waals surface area contributed by atoms with Crippen molar-refractivity contribution in [1.82, 2.24) is 0 Å². The third-order valence-electron chi connectivity index (χ3n) is 6.73. The molecule has 150 valence electrons. The van der Waals surface area contributed by atoms with Crippen LogP contribution in [-0.2, 0) is 12.8 Å². The Morgan fingerprint density at radius 1 is 1.04 bits per heavy atom. The van der Waals surface area contributed by atoms with Crippen LogP contribution in [0.2, 0.25) is 0 Å². The van der Waals surface area contributed by atoms with Crippen LogP contribution < -0.4 is 5.30 Å². The first-order valence-electron chi connectivity index (χ1n) is 11.0. The molecule has 1 aliphatic carbocycles. The third-order valence-corrected chi connectivity index (χ3v) is 11.3. The predicted octanol–water partition coefficient (Wildman–Crippen LogP) is 7.58. The van der Waals surface area contributed by atoms with Gasteiger partial charge in [-0.1, -0.05) is 0 Å². The standard InChI is InChI=1S/C26H41P/c1-7-9-10-11-12-17-26(22(5)21(3)4)27(6,8-2)25-19-18-23-15-13-14-16-24(23)20-25/h8,13-14,18-20,26-27H,2,7,9-12,15-17H2,1,3-6H3. The van der Waals surface area contributed by atoms with Gasteiger partial charge in [0.25, 0.3) is 0 Å². The van der Waals surface area contributed by atoms with Crippen LogP contribution in [0.15, 0.2) is 53.9 Å². The van der Waals surface area contributed by atoms with Crippen LogP contribution in [-0.4, -0.2) is 12.3 Å². The summed E-state index contributed by atoms with van der Waals surface area (Å²) in [5, 5.41) is 1.57. The molecule has 0 saturated heterocycles. The van der Waals surface area contributed by atoms with E-state index in [0.29, 0.717) is 5.66 Å². The molecular formula is C26H41P. The molecule has 1 aromatic rings. The van der Waals surface area contributed by atoms with E-state index in [4.69, 9.17) is 0 Å². The summed E-state index contributed by atoms with van der Waals surface area (Å²) >= 11 is 0. The SMILES string of the molecule is C=C[PH](C)(c1ccc2c(c1)CC=CC2)C(CCCCCCC)C(C)=C(C)C. The number of allylic oxidation sites excluding steroid dienone is 4. The average molecular weight is 385 g/mol. The maximum atomic E-state index is 4.37. The van der Waals surface area contributed by atoms with Crippen molar-refractivity contribution in [3.8, 4) is 0 Å². The summed E-state index contributed by atoms with van der Waals surface area (Å²) in [5.74, 6) is 2.36. The molecule has 0 amide bonds. The number of hydrogen-bond acceptors (Lipinski definition) is 0. The van der Waals surface area contributed by atoms with E-state index in [1.54, 1.807) is 10.9 Å². The molecule has 1 aromatic carbocycles. The molecule has 1 heteroatoms. The fraction of sp³-hybridized carbons (Fsp3) is 0.538. The van der Waals surface area contributed by atoms with Crippen molar-refractivity contribution >= 4 is 12.6 Å². The number of hydrogen-bond donors (Lipinski definition) is 0. The van der Waals surface area contributed by atoms with E-state index in [1.165, 1.54) is 55.2 Å². The molecule has 0 aromatic heterocycles. The summed E-state index contributed by atoms with van der Waals surface area (Å²) in [6, 6.07) is 7.34. The molecule has 1 atom stereocenters. The van der Waals surface area contributed by atoms with E-state index in [2.05, 4.69) is 77.1 Å². The molecule has 0 saturated carbocycles. The Kier molecular flexibility index (Phi) is 8.56. The second-order valence-corrected chi connectivity index (χ2v) is 13.0. The Balaban J connectivity index is 2.31. The van der Waals surface area contributed by atoms with Crippen LogP contribution in [0.5, 0.6) is 0 Å². The average Bonchev–Trinajstić information content (AvgIpc) is 2.69. The van der Waals surface area contributed by atoms with Gasteiger partial charge in [-0.25, -0.2) is 0 Å². The fourth-order valence-corrected chi connectivity index (χ4v) is 8.34. The number of fused-ring (bicyclic) bond motifs is 1. The monoisotopic (exact) mass is 384 g/mol. The first kappa shape index (κ1) is 22.2. The molecule has 27 heavy (non-hydrogen) atoms. The summed E-state index contributed by atoms with van der Waals surface area (Å²) in [4.78, 5) is 0. The molecule has 0 heterocycles. The molecule has 1 aliphatic rings. The molecule has 0 spiro atoms. The second-order valence-electron chi connectivity index (χ2n) is 8.79. The van der Waals surface area contributed by atoms with Crippen LogP contribution in [0.4, 0.5) is 0 Å². The topological polar surface area (TPSA) is 0 Å². The zero-order valence-corrected chi connectivity index (χ0v) is 19.4. The van der Waals surface area contributed by atoms with Crippen LogP contribution >= 0.6 is 7.26 Å². The summed E-state index contributed by atoms with van der Waals surface area (Å²) in [6.45, 7) is 16.2. The van der Waals surface area contributed by atoms with Gasteiger partial charge in [-0.3, -0.25) is 0 Å². The normalized spacial score (nSPS) is 15.1. The zero-order valence-electron chi connectivity index (χ0n) is 18.4. The quantitative estimate of drug-likeness (QED) is 0.222. The minimum atomic E-state index is -1.80. The minimum absolute atomic E-state index is 0.666. The van der Waals surface area contributed by atoms with Gasteiger partial charge in [0.05, 0.1) is 0 Å². The van der Waals surface area contributed by atoms with E-state index in [9.17, 15) is 0 Å². The van der Waals surface area contributed by atoms with Gasteiger partial charge in [0.15, 0.2) is 0 Å². The van der Waals surface area contributed by atoms with Crippen LogP contribution in [0, 0.1) is 0 Å². The Morgan fingerprint density at radius 3 is 2.33 bits per heavy atom. The molecule has 1 unspecified atom stereocenters.